The molecule has 1 aromatic rings. The maximum Gasteiger partial charge on any atom is 0.308 e. The quantitative estimate of drug-likeness (QED) is 0.859. The number of rotatable bonds is 5. The summed E-state index contributed by atoms with van der Waals surface area (Å²) in [4.78, 5) is 36.0. The van der Waals surface area contributed by atoms with E-state index in [2.05, 4.69) is 5.32 Å². The van der Waals surface area contributed by atoms with Gasteiger partial charge in [-0.15, -0.1) is 0 Å². The fraction of sp³-hybridized carbons (Fsp3) is 0.400. The van der Waals surface area contributed by atoms with Gasteiger partial charge < -0.3 is 20.1 Å². The molecule has 0 saturated carbocycles. The topological polar surface area (TPSA) is 95.9 Å². The Hall–Kier alpha value is -2.57. The van der Waals surface area contributed by atoms with E-state index in [9.17, 15) is 14.4 Å². The number of nitrogens with one attached hydrogen (secondary N) is 1. The van der Waals surface area contributed by atoms with E-state index in [0.717, 1.165) is 0 Å². The van der Waals surface area contributed by atoms with Crippen molar-refractivity contribution in [2.75, 3.05) is 23.9 Å². The minimum Gasteiger partial charge on any atom is -0.495 e. The van der Waals surface area contributed by atoms with E-state index in [1.165, 1.54) is 12.0 Å². The molecule has 1 heterocycles. The lowest BCUT2D eigenvalue weighted by atomic mass is 10.1. The molecule has 0 aliphatic carbocycles. The summed E-state index contributed by atoms with van der Waals surface area (Å²) in [5.41, 5.74) is 0.999. The Morgan fingerprint density at radius 1 is 1.45 bits per heavy atom. The van der Waals surface area contributed by atoms with Crippen molar-refractivity contribution in [2.45, 2.75) is 19.8 Å². The van der Waals surface area contributed by atoms with E-state index in [4.69, 9.17) is 9.84 Å². The molecule has 1 unspecified atom stereocenters. The summed E-state index contributed by atoms with van der Waals surface area (Å²) in [5.74, 6) is -1.63. The molecule has 1 aliphatic rings. The Labute approximate surface area is 127 Å². The molecule has 1 fully saturated rings. The fourth-order valence-electron chi connectivity index (χ4n) is 2.32. The number of carbonyl (C=O) groups is 3. The fourth-order valence-corrected chi connectivity index (χ4v) is 2.32. The zero-order valence-electron chi connectivity index (χ0n) is 12.5. The van der Waals surface area contributed by atoms with Crippen LogP contribution >= 0.6 is 0 Å². The van der Waals surface area contributed by atoms with E-state index in [1.807, 2.05) is 0 Å². The number of methoxy groups -OCH3 is 1. The highest BCUT2D eigenvalue weighted by atomic mass is 16.5. The maximum absolute atomic E-state index is 12.0. The minimum absolute atomic E-state index is 0.0159. The van der Waals surface area contributed by atoms with Gasteiger partial charge in [0.05, 0.1) is 18.7 Å². The van der Waals surface area contributed by atoms with E-state index >= 15 is 0 Å². The summed E-state index contributed by atoms with van der Waals surface area (Å²) in [6, 6.07) is 4.93. The van der Waals surface area contributed by atoms with Crippen molar-refractivity contribution < 1.29 is 24.2 Å². The number of carboxylic acid groups (broad SMARTS) is 1. The van der Waals surface area contributed by atoms with Crippen LogP contribution in [-0.4, -0.2) is 36.5 Å². The molecule has 0 spiro atoms. The first-order valence-corrected chi connectivity index (χ1v) is 6.97. The molecule has 0 aromatic heterocycles. The third-order valence-electron chi connectivity index (χ3n) is 3.56. The molecular formula is C15H18N2O5. The molecule has 0 radical (unpaired) electrons. The molecule has 2 N–H and O–H groups in total. The normalized spacial score (nSPS) is 17.5. The van der Waals surface area contributed by atoms with Crippen LogP contribution in [0.15, 0.2) is 18.2 Å². The summed E-state index contributed by atoms with van der Waals surface area (Å²) >= 11 is 0. The lowest BCUT2D eigenvalue weighted by molar-refractivity contribution is -0.141. The molecule has 1 saturated heterocycles. The summed E-state index contributed by atoms with van der Waals surface area (Å²) in [6.07, 6.45) is 0.301. The van der Waals surface area contributed by atoms with Gasteiger partial charge in [0.1, 0.15) is 5.75 Å². The van der Waals surface area contributed by atoms with Gasteiger partial charge in [-0.05, 0) is 18.2 Å². The van der Waals surface area contributed by atoms with Gasteiger partial charge in [-0.3, -0.25) is 14.4 Å². The smallest absolute Gasteiger partial charge is 0.308 e. The Kier molecular flexibility index (Phi) is 4.65. The summed E-state index contributed by atoms with van der Waals surface area (Å²) in [7, 11) is 1.48. The second-order valence-corrected chi connectivity index (χ2v) is 5.03. The Morgan fingerprint density at radius 3 is 2.73 bits per heavy atom. The van der Waals surface area contributed by atoms with Crippen molar-refractivity contribution >= 4 is 29.2 Å². The van der Waals surface area contributed by atoms with Gasteiger partial charge in [0.25, 0.3) is 0 Å². The van der Waals surface area contributed by atoms with Gasteiger partial charge in [-0.1, -0.05) is 6.92 Å². The summed E-state index contributed by atoms with van der Waals surface area (Å²) in [5, 5.41) is 11.7. The van der Waals surface area contributed by atoms with Crippen molar-refractivity contribution in [3.63, 3.8) is 0 Å². The number of anilines is 2. The Bertz CT molecular complexity index is 614. The molecule has 0 bridgehead atoms. The molecule has 118 valence electrons. The SMILES string of the molecule is CCC(=O)Nc1cc(N2CC(C(=O)O)CC2=O)ccc1OC. The van der Waals surface area contributed by atoms with Crippen LogP contribution < -0.4 is 15.0 Å². The Balaban J connectivity index is 2.28. The second kappa shape index (κ2) is 6.46. The van der Waals surface area contributed by atoms with Crippen molar-refractivity contribution in [2.24, 2.45) is 5.92 Å². The lowest BCUT2D eigenvalue weighted by Gasteiger charge is -2.19. The highest BCUT2D eigenvalue weighted by molar-refractivity contribution is 6.00. The van der Waals surface area contributed by atoms with E-state index in [-0.39, 0.29) is 24.8 Å². The lowest BCUT2D eigenvalue weighted by Crippen LogP contribution is -2.26. The van der Waals surface area contributed by atoms with Crippen LogP contribution in [0.5, 0.6) is 5.75 Å². The number of benzene rings is 1. The number of aliphatic carboxylic acids is 1. The third kappa shape index (κ3) is 3.19. The van der Waals surface area contributed by atoms with Crippen LogP contribution in [0.4, 0.5) is 11.4 Å². The molecule has 1 aromatic carbocycles. The summed E-state index contributed by atoms with van der Waals surface area (Å²) in [6.45, 7) is 1.86. The van der Waals surface area contributed by atoms with Gasteiger partial charge in [-0.25, -0.2) is 0 Å². The van der Waals surface area contributed by atoms with Crippen LogP contribution in [0.1, 0.15) is 19.8 Å². The highest BCUT2D eigenvalue weighted by Gasteiger charge is 2.35. The van der Waals surface area contributed by atoms with Gasteiger partial charge >= 0.3 is 5.97 Å². The van der Waals surface area contributed by atoms with Crippen LogP contribution in [0.2, 0.25) is 0 Å². The first-order chi connectivity index (χ1) is 10.5. The number of amides is 2. The van der Waals surface area contributed by atoms with Gasteiger partial charge in [0.2, 0.25) is 11.8 Å². The number of ether oxygens (including phenoxy) is 1. The molecule has 7 nitrogen and oxygen atoms in total. The predicted molar refractivity (Wildman–Crippen MR) is 80.0 cm³/mol. The van der Waals surface area contributed by atoms with E-state index in [1.54, 1.807) is 25.1 Å². The number of carboxylic acids is 1. The molecule has 1 aliphatic heterocycles. The van der Waals surface area contributed by atoms with Gasteiger partial charge in [0.15, 0.2) is 0 Å². The predicted octanol–water partition coefficient (Wildman–Crippen LogP) is 1.48. The molecular weight excluding hydrogens is 288 g/mol. The molecule has 2 amide bonds. The van der Waals surface area contributed by atoms with Crippen molar-refractivity contribution in [1.82, 2.24) is 0 Å². The van der Waals surface area contributed by atoms with E-state index < -0.39 is 11.9 Å². The highest BCUT2D eigenvalue weighted by Crippen LogP contribution is 2.32. The molecule has 1 atom stereocenters. The Morgan fingerprint density at radius 2 is 2.18 bits per heavy atom. The number of carbonyl (C=O) groups excluding carboxylic acids is 2. The molecule has 2 rings (SSSR count). The van der Waals surface area contributed by atoms with Crippen molar-refractivity contribution in [3.05, 3.63) is 18.2 Å². The molecule has 7 heteroatoms. The maximum atomic E-state index is 12.0. The monoisotopic (exact) mass is 306 g/mol. The number of nitrogens with zero attached hydrogens (tertiary/aromatic N) is 1. The first-order valence-electron chi connectivity index (χ1n) is 6.97. The largest absolute Gasteiger partial charge is 0.495 e. The van der Waals surface area contributed by atoms with Gasteiger partial charge in [0, 0.05) is 25.1 Å². The standard InChI is InChI=1S/C15H18N2O5/c1-3-13(18)16-11-7-10(4-5-12(11)22-2)17-8-9(15(20)21)6-14(17)19/h4-5,7,9H,3,6,8H2,1-2H3,(H,16,18)(H,20,21). The van der Waals surface area contributed by atoms with Crippen LogP contribution in [0.3, 0.4) is 0 Å². The average molecular weight is 306 g/mol. The van der Waals surface area contributed by atoms with Crippen molar-refractivity contribution in [1.29, 1.82) is 0 Å². The number of hydrogen-bond acceptors (Lipinski definition) is 4. The number of hydrogen-bond donors (Lipinski definition) is 2. The first kappa shape index (κ1) is 15.8. The minimum atomic E-state index is -0.983. The van der Waals surface area contributed by atoms with Crippen LogP contribution in [0, 0.1) is 5.92 Å². The van der Waals surface area contributed by atoms with Gasteiger partial charge in [-0.2, -0.15) is 0 Å². The summed E-state index contributed by atoms with van der Waals surface area (Å²) < 4.78 is 5.18. The van der Waals surface area contributed by atoms with Crippen LogP contribution in [-0.2, 0) is 14.4 Å². The van der Waals surface area contributed by atoms with Crippen LogP contribution in [0.25, 0.3) is 0 Å². The molecule has 22 heavy (non-hydrogen) atoms. The average Bonchev–Trinajstić information content (AvgIpc) is 2.89. The van der Waals surface area contributed by atoms with E-state index in [0.29, 0.717) is 23.5 Å². The third-order valence-corrected chi connectivity index (χ3v) is 3.56. The second-order valence-electron chi connectivity index (χ2n) is 5.03. The van der Waals surface area contributed by atoms with Crippen molar-refractivity contribution in [3.8, 4) is 5.75 Å². The zero-order valence-corrected chi connectivity index (χ0v) is 12.5. The zero-order chi connectivity index (χ0) is 16.3.